The Labute approximate surface area is 287 Å². The Morgan fingerprint density at radius 1 is 0.933 bits per heavy atom. The first-order valence-electron chi connectivity index (χ1n) is 13.2. The number of rotatable bonds is 8. The highest BCUT2D eigenvalue weighted by atomic mass is 35.5. The molecule has 240 valence electrons. The number of halogens is 8. The first kappa shape index (κ1) is 35.3. The Morgan fingerprint density at radius 3 is 2.16 bits per heavy atom. The van der Waals surface area contributed by atoms with E-state index in [4.69, 9.17) is 74.3 Å². The number of anilines is 3. The number of nitrogens with one attached hydrogen (secondary N) is 3. The van der Waals surface area contributed by atoms with Crippen LogP contribution in [0.3, 0.4) is 0 Å². The Morgan fingerprint density at radius 2 is 1.56 bits per heavy atom. The molecule has 3 N–H and O–H groups in total. The highest BCUT2D eigenvalue weighted by Crippen LogP contribution is 2.65. The van der Waals surface area contributed by atoms with Gasteiger partial charge in [-0.15, -0.1) is 23.2 Å². The molecule has 0 saturated heterocycles. The molecule has 2 amide bonds. The molecule has 7 nitrogen and oxygen atoms in total. The van der Waals surface area contributed by atoms with Crippen LogP contribution in [0.4, 0.5) is 30.6 Å². The normalized spacial score (nSPS) is 17.0. The summed E-state index contributed by atoms with van der Waals surface area (Å²) < 4.78 is 33.2. The number of hydrogen-bond donors (Lipinski definition) is 3. The molecule has 1 aliphatic carbocycles. The lowest BCUT2D eigenvalue weighted by Crippen LogP contribution is -2.27. The number of Topliss-reactive ketones (excluding diaryl/α,β-unsaturated/α-hetero) is 1. The van der Waals surface area contributed by atoms with Crippen molar-refractivity contribution in [2.75, 3.05) is 22.5 Å². The van der Waals surface area contributed by atoms with Gasteiger partial charge in [-0.3, -0.25) is 14.9 Å². The van der Waals surface area contributed by atoms with Gasteiger partial charge >= 0.3 is 6.09 Å². The maximum atomic E-state index is 15.1. The van der Waals surface area contributed by atoms with Crippen LogP contribution in [0.25, 0.3) is 0 Å². The maximum Gasteiger partial charge on any atom is 0.412 e. The Bertz CT molecular complexity index is 1690. The third-order valence-corrected chi connectivity index (χ3v) is 9.32. The molecule has 0 radical (unpaired) electrons. The second kappa shape index (κ2) is 13.3. The van der Waals surface area contributed by atoms with E-state index in [1.54, 1.807) is 27.7 Å². The number of ketones is 1. The lowest BCUT2D eigenvalue weighted by molar-refractivity contribution is -0.117. The van der Waals surface area contributed by atoms with E-state index < -0.39 is 63.4 Å². The van der Waals surface area contributed by atoms with Crippen LogP contribution >= 0.6 is 69.6 Å². The summed E-state index contributed by atoms with van der Waals surface area (Å²) in [5.41, 5.74) is -0.754. The minimum atomic E-state index is -1.48. The molecule has 0 aliphatic heterocycles. The lowest BCUT2D eigenvalue weighted by atomic mass is 10.1. The standard InChI is InChI=1S/C30H25Cl6F2N3O4/c1-12-7-14(40-27(43)22-21(30(22,35)36)13-8-16(31)24(34)17(32)9-13)10-15(23(12)33)20(42)11-39-26-18(37)5-6-19(25(26)38)41-28(44)45-29(2,3)4/h5-10,21-22,39H,11H2,1-4H3,(H,40,43)(H,41,44)/t21-,22+/m0/s1. The van der Waals surface area contributed by atoms with E-state index in [0.29, 0.717) is 11.1 Å². The van der Waals surface area contributed by atoms with Crippen molar-refractivity contribution in [1.29, 1.82) is 0 Å². The highest BCUT2D eigenvalue weighted by Gasteiger charge is 2.67. The summed E-state index contributed by atoms with van der Waals surface area (Å²) in [6.45, 7) is 5.89. The number of amides is 2. The predicted molar refractivity (Wildman–Crippen MR) is 176 cm³/mol. The Balaban J connectivity index is 1.49. The Hall–Kier alpha value is -2.53. The van der Waals surface area contributed by atoms with Crippen molar-refractivity contribution in [2.24, 2.45) is 5.92 Å². The summed E-state index contributed by atoms with van der Waals surface area (Å²) in [7, 11) is 0. The molecule has 15 heteroatoms. The van der Waals surface area contributed by atoms with Crippen LogP contribution in [0.15, 0.2) is 36.4 Å². The molecule has 4 rings (SSSR count). The molecule has 1 fully saturated rings. The summed E-state index contributed by atoms with van der Waals surface area (Å²) in [5, 5.41) is 7.89. The molecule has 1 aliphatic rings. The third-order valence-electron chi connectivity index (χ3n) is 6.68. The van der Waals surface area contributed by atoms with Crippen LogP contribution < -0.4 is 16.0 Å². The second-order valence-corrected chi connectivity index (χ2v) is 14.3. The zero-order valence-corrected chi connectivity index (χ0v) is 28.5. The quantitative estimate of drug-likeness (QED) is 0.121. The highest BCUT2D eigenvalue weighted by molar-refractivity contribution is 6.54. The summed E-state index contributed by atoms with van der Waals surface area (Å²) >= 11 is 37.6. The number of hydrogen-bond acceptors (Lipinski definition) is 5. The van der Waals surface area contributed by atoms with E-state index in [-0.39, 0.29) is 37.0 Å². The van der Waals surface area contributed by atoms with E-state index in [2.05, 4.69) is 16.0 Å². The van der Waals surface area contributed by atoms with E-state index in [1.165, 1.54) is 24.3 Å². The average molecular weight is 742 g/mol. The maximum absolute atomic E-state index is 15.1. The van der Waals surface area contributed by atoms with Crippen LogP contribution in [0.2, 0.25) is 20.1 Å². The molecule has 3 aromatic carbocycles. The third kappa shape index (κ3) is 7.89. The molecule has 2 atom stereocenters. The summed E-state index contributed by atoms with van der Waals surface area (Å²) in [5.74, 6) is -4.92. The van der Waals surface area contributed by atoms with E-state index >= 15 is 4.39 Å². The molecular formula is C30H25Cl6F2N3O4. The number of alkyl halides is 2. The topological polar surface area (TPSA) is 96.5 Å². The molecule has 0 heterocycles. The van der Waals surface area contributed by atoms with E-state index in [0.717, 1.165) is 12.1 Å². The predicted octanol–water partition coefficient (Wildman–Crippen LogP) is 10.1. The zero-order chi connectivity index (χ0) is 33.6. The van der Waals surface area contributed by atoms with Gasteiger partial charge in [0.05, 0.1) is 38.2 Å². The molecule has 0 bridgehead atoms. The monoisotopic (exact) mass is 739 g/mol. The Kier molecular flexibility index (Phi) is 10.4. The lowest BCUT2D eigenvalue weighted by Gasteiger charge is -2.20. The van der Waals surface area contributed by atoms with Crippen molar-refractivity contribution in [1.82, 2.24) is 0 Å². The van der Waals surface area contributed by atoms with E-state index in [1.807, 2.05) is 0 Å². The average Bonchev–Trinajstić information content (AvgIpc) is 3.51. The first-order valence-corrected chi connectivity index (χ1v) is 15.5. The van der Waals surface area contributed by atoms with Gasteiger partial charge in [0.2, 0.25) is 5.91 Å². The largest absolute Gasteiger partial charge is 0.444 e. The zero-order valence-electron chi connectivity index (χ0n) is 24.0. The fourth-order valence-electron chi connectivity index (χ4n) is 4.58. The van der Waals surface area contributed by atoms with Gasteiger partial charge in [-0.1, -0.05) is 46.4 Å². The molecule has 45 heavy (non-hydrogen) atoms. The van der Waals surface area contributed by atoms with Crippen molar-refractivity contribution in [3.8, 4) is 0 Å². The number of benzene rings is 3. The number of ether oxygens (including phenoxy) is 1. The summed E-state index contributed by atoms with van der Waals surface area (Å²) in [4.78, 5) is 38.5. The van der Waals surface area contributed by atoms with Gasteiger partial charge in [0.15, 0.2) is 11.6 Å². The second-order valence-electron chi connectivity index (χ2n) is 11.3. The van der Waals surface area contributed by atoms with Crippen molar-refractivity contribution in [3.63, 3.8) is 0 Å². The van der Waals surface area contributed by atoms with Crippen LogP contribution in [0.1, 0.15) is 48.2 Å². The fraction of sp³-hybridized carbons (Fsp3) is 0.300. The van der Waals surface area contributed by atoms with Crippen molar-refractivity contribution in [3.05, 3.63) is 84.8 Å². The SMILES string of the molecule is Cc1cc(NC(=O)[C@H]2[C@H](c3cc(Cl)c(Cl)c(Cl)c3)C2(Cl)Cl)cc(C(=O)CNc2c(F)ccc(NC(=O)OC(C)(C)C)c2F)c1Cl. The fourth-order valence-corrected chi connectivity index (χ4v) is 6.23. The van der Waals surface area contributed by atoms with Gasteiger partial charge in [-0.25, -0.2) is 13.6 Å². The molecule has 0 spiro atoms. The molecule has 0 aromatic heterocycles. The first-order chi connectivity index (χ1) is 20.8. The van der Waals surface area contributed by atoms with Gasteiger partial charge in [0.25, 0.3) is 0 Å². The number of carbonyl (C=O) groups excluding carboxylic acids is 3. The van der Waals surface area contributed by atoms with Gasteiger partial charge in [0, 0.05) is 17.2 Å². The van der Waals surface area contributed by atoms with Crippen LogP contribution in [-0.4, -0.2) is 34.3 Å². The van der Waals surface area contributed by atoms with Gasteiger partial charge in [-0.2, -0.15) is 0 Å². The van der Waals surface area contributed by atoms with Crippen LogP contribution in [0.5, 0.6) is 0 Å². The minimum absolute atomic E-state index is 0.0325. The van der Waals surface area contributed by atoms with Gasteiger partial charge in [0.1, 0.15) is 21.4 Å². The molecule has 0 unspecified atom stereocenters. The van der Waals surface area contributed by atoms with Gasteiger partial charge in [-0.05, 0) is 75.2 Å². The molecular weight excluding hydrogens is 717 g/mol. The molecule has 1 saturated carbocycles. The van der Waals surface area contributed by atoms with E-state index in [9.17, 15) is 18.8 Å². The van der Waals surface area contributed by atoms with Gasteiger partial charge < -0.3 is 15.4 Å². The van der Waals surface area contributed by atoms with Crippen LogP contribution in [0, 0.1) is 24.5 Å². The van der Waals surface area contributed by atoms with Crippen molar-refractivity contribution in [2.45, 2.75) is 43.5 Å². The summed E-state index contributed by atoms with van der Waals surface area (Å²) in [6, 6.07) is 7.84. The van der Waals surface area contributed by atoms with Crippen LogP contribution in [-0.2, 0) is 9.53 Å². The summed E-state index contributed by atoms with van der Waals surface area (Å²) in [6.07, 6.45) is -0.949. The van der Waals surface area contributed by atoms with Crippen molar-refractivity contribution < 1.29 is 27.9 Å². The van der Waals surface area contributed by atoms with Crippen molar-refractivity contribution >= 4 is 104 Å². The number of aryl methyl sites for hydroxylation is 1. The number of carbonyl (C=O) groups is 3. The minimum Gasteiger partial charge on any atom is -0.444 e. The smallest absolute Gasteiger partial charge is 0.412 e. The molecule has 3 aromatic rings.